The molecule has 0 N–H and O–H groups in total. The molecule has 0 unspecified atom stereocenters. The van der Waals surface area contributed by atoms with Crippen LogP contribution in [0.3, 0.4) is 0 Å². The van der Waals surface area contributed by atoms with Crippen molar-refractivity contribution >= 4 is 11.8 Å². The second kappa shape index (κ2) is 6.17. The van der Waals surface area contributed by atoms with Gasteiger partial charge in [-0.1, -0.05) is 11.8 Å². The zero-order chi connectivity index (χ0) is 14.7. The highest BCUT2D eigenvalue weighted by molar-refractivity contribution is 7.99. The number of furan rings is 1. The van der Waals surface area contributed by atoms with E-state index in [-0.39, 0.29) is 0 Å². The molecule has 3 heterocycles. The first-order valence-electron chi connectivity index (χ1n) is 6.86. The molecule has 0 fully saturated rings. The summed E-state index contributed by atoms with van der Waals surface area (Å²) in [7, 11) is 1.95. The number of nitrogens with zero attached hydrogens (tertiary/aromatic N) is 5. The van der Waals surface area contributed by atoms with Gasteiger partial charge in [0.15, 0.2) is 16.7 Å². The van der Waals surface area contributed by atoms with Crippen LogP contribution in [0.15, 0.2) is 40.2 Å². The van der Waals surface area contributed by atoms with E-state index in [0.717, 1.165) is 35.5 Å². The van der Waals surface area contributed by atoms with Gasteiger partial charge in [0.1, 0.15) is 0 Å². The maximum Gasteiger partial charge on any atom is 0.200 e. The minimum atomic E-state index is 0.737. The Labute approximate surface area is 127 Å². The van der Waals surface area contributed by atoms with Crippen molar-refractivity contribution in [3.05, 3.63) is 36.4 Å². The summed E-state index contributed by atoms with van der Waals surface area (Å²) in [5, 5.41) is 13.6. The van der Waals surface area contributed by atoms with E-state index < -0.39 is 0 Å². The van der Waals surface area contributed by atoms with Crippen LogP contribution >= 0.6 is 11.8 Å². The molecule has 6 nitrogen and oxygen atoms in total. The summed E-state index contributed by atoms with van der Waals surface area (Å²) in [6.45, 7) is 3.00. The molecule has 0 bridgehead atoms. The lowest BCUT2D eigenvalue weighted by atomic mass is 10.3. The van der Waals surface area contributed by atoms with Crippen molar-refractivity contribution in [3.8, 4) is 11.6 Å². The molecule has 0 spiro atoms. The standard InChI is InChI=1S/C14H17N5OS/c1-3-19-11(6-8-15-19)7-10-21-14-17-16-13(18(14)2)12-5-4-9-20-12/h4-6,8-9H,3,7,10H2,1-2H3. The lowest BCUT2D eigenvalue weighted by Gasteiger charge is -2.04. The Morgan fingerprint density at radius 3 is 2.95 bits per heavy atom. The summed E-state index contributed by atoms with van der Waals surface area (Å²) in [5.74, 6) is 2.43. The maximum atomic E-state index is 5.36. The van der Waals surface area contributed by atoms with Gasteiger partial charge in [-0.3, -0.25) is 4.68 Å². The van der Waals surface area contributed by atoms with Crippen molar-refractivity contribution in [1.29, 1.82) is 0 Å². The Morgan fingerprint density at radius 1 is 1.29 bits per heavy atom. The van der Waals surface area contributed by atoms with Gasteiger partial charge < -0.3 is 8.98 Å². The van der Waals surface area contributed by atoms with Gasteiger partial charge in [-0.2, -0.15) is 5.10 Å². The van der Waals surface area contributed by atoms with E-state index in [0.29, 0.717) is 0 Å². The molecule has 3 aromatic heterocycles. The van der Waals surface area contributed by atoms with Crippen molar-refractivity contribution in [2.24, 2.45) is 7.05 Å². The van der Waals surface area contributed by atoms with Gasteiger partial charge in [0.25, 0.3) is 0 Å². The average Bonchev–Trinajstić information content (AvgIpc) is 3.20. The highest BCUT2D eigenvalue weighted by Gasteiger charge is 2.13. The highest BCUT2D eigenvalue weighted by Crippen LogP contribution is 2.23. The number of aromatic nitrogens is 5. The topological polar surface area (TPSA) is 61.7 Å². The Kier molecular flexibility index (Phi) is 4.10. The van der Waals surface area contributed by atoms with E-state index in [1.165, 1.54) is 5.69 Å². The minimum absolute atomic E-state index is 0.737. The van der Waals surface area contributed by atoms with E-state index in [2.05, 4.69) is 28.3 Å². The molecule has 0 atom stereocenters. The lowest BCUT2D eigenvalue weighted by Crippen LogP contribution is -2.04. The van der Waals surface area contributed by atoms with Crippen LogP contribution in [0.5, 0.6) is 0 Å². The quantitative estimate of drug-likeness (QED) is 0.655. The van der Waals surface area contributed by atoms with E-state index in [1.54, 1.807) is 18.0 Å². The monoisotopic (exact) mass is 303 g/mol. The van der Waals surface area contributed by atoms with E-state index in [4.69, 9.17) is 4.42 Å². The average molecular weight is 303 g/mol. The normalized spacial score (nSPS) is 11.1. The molecule has 3 aromatic rings. The maximum absolute atomic E-state index is 5.36. The van der Waals surface area contributed by atoms with Gasteiger partial charge in [-0.05, 0) is 31.5 Å². The van der Waals surface area contributed by atoms with Crippen molar-refractivity contribution < 1.29 is 4.42 Å². The predicted octanol–water partition coefficient (Wildman–Crippen LogP) is 2.63. The Bertz CT molecular complexity index is 701. The SMILES string of the molecule is CCn1nccc1CCSc1nnc(-c2ccco2)n1C. The number of hydrogen-bond acceptors (Lipinski definition) is 5. The van der Waals surface area contributed by atoms with Crippen molar-refractivity contribution in [2.75, 3.05) is 5.75 Å². The third-order valence-electron chi connectivity index (χ3n) is 3.27. The Balaban J connectivity index is 1.64. The summed E-state index contributed by atoms with van der Waals surface area (Å²) in [6.07, 6.45) is 4.45. The number of aryl methyl sites for hydroxylation is 2. The third-order valence-corrected chi connectivity index (χ3v) is 4.29. The molecule has 0 aliphatic carbocycles. The molecule has 0 aromatic carbocycles. The summed E-state index contributed by atoms with van der Waals surface area (Å²) in [4.78, 5) is 0. The van der Waals surface area contributed by atoms with E-state index in [9.17, 15) is 0 Å². The van der Waals surface area contributed by atoms with Gasteiger partial charge in [-0.25, -0.2) is 0 Å². The molecular formula is C14H17N5OS. The van der Waals surface area contributed by atoms with Crippen LogP contribution in [0.2, 0.25) is 0 Å². The molecule has 0 aliphatic heterocycles. The first-order valence-corrected chi connectivity index (χ1v) is 7.85. The fourth-order valence-electron chi connectivity index (χ4n) is 2.17. The van der Waals surface area contributed by atoms with Crippen LogP contribution in [-0.2, 0) is 20.0 Å². The first kappa shape index (κ1) is 13.9. The number of thioether (sulfide) groups is 1. The number of rotatable bonds is 6. The summed E-state index contributed by atoms with van der Waals surface area (Å²) >= 11 is 1.69. The van der Waals surface area contributed by atoms with Crippen LogP contribution in [0.25, 0.3) is 11.6 Å². The smallest absolute Gasteiger partial charge is 0.200 e. The van der Waals surface area contributed by atoms with Gasteiger partial charge in [0.05, 0.1) is 6.26 Å². The number of hydrogen-bond donors (Lipinski definition) is 0. The Morgan fingerprint density at radius 2 is 2.19 bits per heavy atom. The predicted molar refractivity (Wildman–Crippen MR) is 81.0 cm³/mol. The molecule has 7 heteroatoms. The van der Waals surface area contributed by atoms with Crippen LogP contribution < -0.4 is 0 Å². The third kappa shape index (κ3) is 2.87. The second-order valence-electron chi connectivity index (χ2n) is 4.58. The fourth-order valence-corrected chi connectivity index (χ4v) is 3.04. The molecule has 0 aliphatic rings. The summed E-state index contributed by atoms with van der Waals surface area (Å²) in [6, 6.07) is 5.80. The second-order valence-corrected chi connectivity index (χ2v) is 5.64. The van der Waals surface area contributed by atoms with Crippen molar-refractivity contribution in [3.63, 3.8) is 0 Å². The van der Waals surface area contributed by atoms with Gasteiger partial charge in [0.2, 0.25) is 0 Å². The van der Waals surface area contributed by atoms with Gasteiger partial charge in [-0.15, -0.1) is 10.2 Å². The van der Waals surface area contributed by atoms with Crippen molar-refractivity contribution in [2.45, 2.75) is 25.0 Å². The molecule has 0 saturated heterocycles. The van der Waals surface area contributed by atoms with E-state index in [1.807, 2.05) is 34.6 Å². The van der Waals surface area contributed by atoms with Crippen LogP contribution in [-0.4, -0.2) is 30.3 Å². The summed E-state index contributed by atoms with van der Waals surface area (Å²) in [5.41, 5.74) is 1.25. The van der Waals surface area contributed by atoms with Crippen LogP contribution in [0, 0.1) is 0 Å². The summed E-state index contributed by atoms with van der Waals surface area (Å²) < 4.78 is 9.34. The molecule has 0 radical (unpaired) electrons. The van der Waals surface area contributed by atoms with Gasteiger partial charge in [0, 0.05) is 31.2 Å². The van der Waals surface area contributed by atoms with E-state index >= 15 is 0 Å². The lowest BCUT2D eigenvalue weighted by molar-refractivity contribution is 0.572. The zero-order valence-corrected chi connectivity index (χ0v) is 12.9. The van der Waals surface area contributed by atoms with Crippen LogP contribution in [0.1, 0.15) is 12.6 Å². The first-order chi connectivity index (χ1) is 10.3. The molecule has 0 saturated carbocycles. The highest BCUT2D eigenvalue weighted by atomic mass is 32.2. The van der Waals surface area contributed by atoms with Gasteiger partial charge >= 0.3 is 0 Å². The largest absolute Gasteiger partial charge is 0.461 e. The molecule has 110 valence electrons. The van der Waals surface area contributed by atoms with Crippen molar-refractivity contribution in [1.82, 2.24) is 24.5 Å². The molecule has 0 amide bonds. The fraction of sp³-hybridized carbons (Fsp3) is 0.357. The molecular weight excluding hydrogens is 286 g/mol. The zero-order valence-electron chi connectivity index (χ0n) is 12.1. The minimum Gasteiger partial charge on any atom is -0.461 e. The molecule has 21 heavy (non-hydrogen) atoms. The van der Waals surface area contributed by atoms with Crippen LogP contribution in [0.4, 0.5) is 0 Å². The molecule has 3 rings (SSSR count). The Hall–Kier alpha value is -2.02.